The van der Waals surface area contributed by atoms with Crippen LogP contribution in [0, 0.1) is 6.92 Å². The molecular weight excluding hydrogens is 294 g/mol. The van der Waals surface area contributed by atoms with Crippen LogP contribution in [0.25, 0.3) is 0 Å². The predicted octanol–water partition coefficient (Wildman–Crippen LogP) is 2.89. The van der Waals surface area contributed by atoms with Gasteiger partial charge in [-0.3, -0.25) is 0 Å². The number of aryl methyl sites for hydroxylation is 1. The summed E-state index contributed by atoms with van der Waals surface area (Å²) in [6, 6.07) is 8.98. The van der Waals surface area contributed by atoms with E-state index >= 15 is 0 Å². The molecule has 0 aliphatic rings. The highest BCUT2D eigenvalue weighted by atomic mass is 32.2. The van der Waals surface area contributed by atoms with Crippen molar-refractivity contribution in [3.63, 3.8) is 0 Å². The molecule has 20 heavy (non-hydrogen) atoms. The smallest absolute Gasteiger partial charge is 0.246 e. The first-order valence-electron chi connectivity index (χ1n) is 6.08. The highest BCUT2D eigenvalue weighted by molar-refractivity contribution is 7.89. The summed E-state index contributed by atoms with van der Waals surface area (Å²) in [7, 11) is -0.510. The van der Waals surface area contributed by atoms with E-state index in [0.717, 1.165) is 10.4 Å². The summed E-state index contributed by atoms with van der Waals surface area (Å²) in [5.74, 6) is 0.369. The van der Waals surface area contributed by atoms with E-state index in [-0.39, 0.29) is 4.90 Å². The van der Waals surface area contributed by atoms with Crippen molar-refractivity contribution in [1.29, 1.82) is 0 Å². The van der Waals surface area contributed by atoms with Crippen LogP contribution in [0.3, 0.4) is 0 Å². The molecule has 0 saturated carbocycles. The van der Waals surface area contributed by atoms with E-state index in [0.29, 0.717) is 12.3 Å². The van der Waals surface area contributed by atoms with Gasteiger partial charge in [0.1, 0.15) is 10.6 Å². The number of ether oxygens (including phenoxy) is 1. The van der Waals surface area contributed by atoms with E-state index in [2.05, 4.69) is 0 Å². The number of hydrogen-bond acceptors (Lipinski definition) is 4. The molecule has 1 heterocycles. The van der Waals surface area contributed by atoms with Gasteiger partial charge in [-0.1, -0.05) is 12.1 Å². The van der Waals surface area contributed by atoms with E-state index in [1.54, 1.807) is 19.2 Å². The standard InChI is InChI=1S/C14H17NO3S2/c1-11-6-7-13(18-3)14(9-11)20(16,17)15(2)10-12-5-4-8-19-12/h4-9H,10H2,1-3H3. The Morgan fingerprint density at radius 3 is 2.65 bits per heavy atom. The Bertz CT molecular complexity index is 678. The average Bonchev–Trinajstić information content (AvgIpc) is 2.91. The maximum Gasteiger partial charge on any atom is 0.246 e. The van der Waals surface area contributed by atoms with Crippen LogP contribution in [-0.2, 0) is 16.6 Å². The van der Waals surface area contributed by atoms with Crippen molar-refractivity contribution in [3.05, 3.63) is 46.2 Å². The normalized spacial score (nSPS) is 11.8. The average molecular weight is 311 g/mol. The quantitative estimate of drug-likeness (QED) is 0.853. The van der Waals surface area contributed by atoms with Crippen molar-refractivity contribution in [2.45, 2.75) is 18.4 Å². The Labute approximate surface area is 123 Å². The summed E-state index contributed by atoms with van der Waals surface area (Å²) in [5.41, 5.74) is 0.883. The lowest BCUT2D eigenvalue weighted by atomic mass is 10.2. The van der Waals surface area contributed by atoms with Crippen molar-refractivity contribution >= 4 is 21.4 Å². The fourth-order valence-corrected chi connectivity index (χ4v) is 4.08. The number of thiophene rings is 1. The number of sulfonamides is 1. The zero-order valence-corrected chi connectivity index (χ0v) is 13.3. The first kappa shape index (κ1) is 15.0. The Morgan fingerprint density at radius 2 is 2.05 bits per heavy atom. The van der Waals surface area contributed by atoms with Crippen LogP contribution >= 0.6 is 11.3 Å². The van der Waals surface area contributed by atoms with Gasteiger partial charge in [-0.05, 0) is 36.1 Å². The summed E-state index contributed by atoms with van der Waals surface area (Å²) < 4.78 is 31.8. The van der Waals surface area contributed by atoms with Gasteiger partial charge < -0.3 is 4.74 Å². The predicted molar refractivity (Wildman–Crippen MR) is 80.7 cm³/mol. The van der Waals surface area contributed by atoms with Crippen LogP contribution in [0.1, 0.15) is 10.4 Å². The molecule has 0 aliphatic heterocycles. The minimum absolute atomic E-state index is 0.207. The summed E-state index contributed by atoms with van der Waals surface area (Å²) in [6.45, 7) is 2.22. The number of rotatable bonds is 5. The highest BCUT2D eigenvalue weighted by Gasteiger charge is 2.25. The van der Waals surface area contributed by atoms with Crippen LogP contribution < -0.4 is 4.74 Å². The molecule has 2 rings (SSSR count). The molecule has 6 heteroatoms. The number of hydrogen-bond donors (Lipinski definition) is 0. The molecule has 0 fully saturated rings. The summed E-state index contributed by atoms with van der Waals surface area (Å²) in [6.07, 6.45) is 0. The third kappa shape index (κ3) is 3.03. The molecule has 0 atom stereocenters. The number of methoxy groups -OCH3 is 1. The van der Waals surface area contributed by atoms with E-state index in [1.807, 2.05) is 30.5 Å². The van der Waals surface area contributed by atoms with Crippen molar-refractivity contribution in [1.82, 2.24) is 4.31 Å². The van der Waals surface area contributed by atoms with Crippen molar-refractivity contribution in [2.75, 3.05) is 14.2 Å². The zero-order chi connectivity index (χ0) is 14.8. The van der Waals surface area contributed by atoms with Crippen molar-refractivity contribution < 1.29 is 13.2 Å². The lowest BCUT2D eigenvalue weighted by Gasteiger charge is -2.18. The van der Waals surface area contributed by atoms with Crippen LogP contribution in [0.5, 0.6) is 5.75 Å². The largest absolute Gasteiger partial charge is 0.495 e. The Balaban J connectivity index is 2.36. The van der Waals surface area contributed by atoms with Gasteiger partial charge in [-0.15, -0.1) is 11.3 Å². The van der Waals surface area contributed by atoms with Gasteiger partial charge in [-0.2, -0.15) is 4.31 Å². The topological polar surface area (TPSA) is 46.6 Å². The lowest BCUT2D eigenvalue weighted by molar-refractivity contribution is 0.397. The summed E-state index contributed by atoms with van der Waals surface area (Å²) >= 11 is 1.54. The van der Waals surface area contributed by atoms with Gasteiger partial charge in [-0.25, -0.2) is 8.42 Å². The van der Waals surface area contributed by atoms with Crippen LogP contribution in [0.4, 0.5) is 0 Å². The van der Waals surface area contributed by atoms with Crippen LogP contribution in [0.15, 0.2) is 40.6 Å². The fourth-order valence-electron chi connectivity index (χ4n) is 1.86. The molecule has 0 radical (unpaired) electrons. The molecular formula is C14H17NO3S2. The number of benzene rings is 1. The lowest BCUT2D eigenvalue weighted by Crippen LogP contribution is -2.26. The summed E-state index contributed by atoms with van der Waals surface area (Å²) in [5, 5.41) is 1.93. The first-order chi connectivity index (χ1) is 9.45. The molecule has 4 nitrogen and oxygen atoms in total. The second kappa shape index (κ2) is 5.95. The van der Waals surface area contributed by atoms with E-state index in [4.69, 9.17) is 4.74 Å². The molecule has 108 valence electrons. The van der Waals surface area contributed by atoms with Gasteiger partial charge in [0.15, 0.2) is 0 Å². The molecule has 0 bridgehead atoms. The molecule has 0 N–H and O–H groups in total. The highest BCUT2D eigenvalue weighted by Crippen LogP contribution is 2.28. The van der Waals surface area contributed by atoms with Crippen LogP contribution in [0.2, 0.25) is 0 Å². The zero-order valence-electron chi connectivity index (χ0n) is 11.7. The molecule has 0 aliphatic carbocycles. The second-order valence-electron chi connectivity index (χ2n) is 4.49. The molecule has 1 aromatic carbocycles. The third-order valence-corrected chi connectivity index (χ3v) is 5.65. The van der Waals surface area contributed by atoms with Crippen molar-refractivity contribution in [2.24, 2.45) is 0 Å². The van der Waals surface area contributed by atoms with Gasteiger partial charge >= 0.3 is 0 Å². The Kier molecular flexibility index (Phi) is 4.47. The maximum atomic E-state index is 12.6. The molecule has 1 aromatic heterocycles. The van der Waals surface area contributed by atoms with Gasteiger partial charge in [0.25, 0.3) is 0 Å². The van der Waals surface area contributed by atoms with E-state index in [9.17, 15) is 8.42 Å². The van der Waals surface area contributed by atoms with E-state index < -0.39 is 10.0 Å². The molecule has 0 unspecified atom stereocenters. The molecule has 0 saturated heterocycles. The van der Waals surface area contributed by atoms with E-state index in [1.165, 1.54) is 22.8 Å². The summed E-state index contributed by atoms with van der Waals surface area (Å²) in [4.78, 5) is 1.21. The van der Waals surface area contributed by atoms with Gasteiger partial charge in [0.2, 0.25) is 10.0 Å². The van der Waals surface area contributed by atoms with Gasteiger partial charge in [0, 0.05) is 18.5 Å². The fraction of sp³-hybridized carbons (Fsp3) is 0.286. The van der Waals surface area contributed by atoms with Crippen LogP contribution in [-0.4, -0.2) is 26.9 Å². The van der Waals surface area contributed by atoms with Crippen molar-refractivity contribution in [3.8, 4) is 5.75 Å². The second-order valence-corrected chi connectivity index (χ2v) is 7.54. The number of nitrogens with zero attached hydrogens (tertiary/aromatic N) is 1. The SMILES string of the molecule is COc1ccc(C)cc1S(=O)(=O)N(C)Cc1cccs1. The van der Waals surface area contributed by atoms with Gasteiger partial charge in [0.05, 0.1) is 7.11 Å². The third-order valence-electron chi connectivity index (χ3n) is 2.97. The minimum atomic E-state index is -3.57. The molecule has 0 spiro atoms. The Hall–Kier alpha value is -1.37. The minimum Gasteiger partial charge on any atom is -0.495 e. The Morgan fingerprint density at radius 1 is 1.30 bits per heavy atom. The first-order valence-corrected chi connectivity index (χ1v) is 8.40. The monoisotopic (exact) mass is 311 g/mol. The maximum absolute atomic E-state index is 12.6. The molecule has 0 amide bonds. The molecule has 2 aromatic rings.